The molecule has 3 aromatic carbocycles. The molecule has 1 atom stereocenters. The molecule has 1 N–H and O–H groups in total. The van der Waals surface area contributed by atoms with Crippen LogP contribution in [-0.4, -0.2) is 34.0 Å². The summed E-state index contributed by atoms with van der Waals surface area (Å²) in [5.74, 6) is 0.489. The number of carbonyl (C=O) groups excluding carboxylic acids is 2. The first kappa shape index (κ1) is 28.0. The van der Waals surface area contributed by atoms with Gasteiger partial charge >= 0.3 is 0 Å². The summed E-state index contributed by atoms with van der Waals surface area (Å²) in [6.45, 7) is 8.32. The molecule has 0 saturated heterocycles. The van der Waals surface area contributed by atoms with Crippen LogP contribution >= 0.6 is 27.7 Å². The Bertz CT molecular complexity index is 1130. The SMILES string of the molecule is Cc1ccc(SCCC(=O)N(Cc2ccc(Br)cc2)[C@@H](Cc2ccccc2)C(=O)NC(C)(C)C)cc1. The summed E-state index contributed by atoms with van der Waals surface area (Å²) in [5.41, 5.74) is 2.82. The highest BCUT2D eigenvalue weighted by molar-refractivity contribution is 9.10. The summed E-state index contributed by atoms with van der Waals surface area (Å²) >= 11 is 5.15. The number of hydrogen-bond acceptors (Lipinski definition) is 3. The molecule has 190 valence electrons. The van der Waals surface area contributed by atoms with Gasteiger partial charge in [0.05, 0.1) is 0 Å². The Morgan fingerprint density at radius 3 is 2.17 bits per heavy atom. The zero-order valence-corrected chi connectivity index (χ0v) is 23.9. The van der Waals surface area contributed by atoms with Crippen molar-refractivity contribution in [1.29, 1.82) is 0 Å². The lowest BCUT2D eigenvalue weighted by Gasteiger charge is -2.34. The van der Waals surface area contributed by atoms with E-state index in [1.165, 1.54) is 5.56 Å². The number of halogens is 1. The van der Waals surface area contributed by atoms with Gasteiger partial charge in [0.15, 0.2) is 0 Å². The van der Waals surface area contributed by atoms with E-state index in [0.717, 1.165) is 20.5 Å². The van der Waals surface area contributed by atoms with E-state index in [0.29, 0.717) is 25.1 Å². The largest absolute Gasteiger partial charge is 0.350 e. The van der Waals surface area contributed by atoms with Crippen molar-refractivity contribution in [3.63, 3.8) is 0 Å². The summed E-state index contributed by atoms with van der Waals surface area (Å²) in [5, 5.41) is 3.11. The van der Waals surface area contributed by atoms with Gasteiger partial charge in [0.2, 0.25) is 11.8 Å². The van der Waals surface area contributed by atoms with Crippen molar-refractivity contribution < 1.29 is 9.59 Å². The second-order valence-electron chi connectivity index (χ2n) is 10.0. The van der Waals surface area contributed by atoms with E-state index in [2.05, 4.69) is 52.4 Å². The summed E-state index contributed by atoms with van der Waals surface area (Å²) in [6.07, 6.45) is 0.805. The van der Waals surface area contributed by atoms with E-state index in [4.69, 9.17) is 0 Å². The Labute approximate surface area is 228 Å². The molecule has 0 aliphatic heterocycles. The Balaban J connectivity index is 1.85. The number of benzene rings is 3. The highest BCUT2D eigenvalue weighted by atomic mass is 79.9. The molecule has 0 spiro atoms. The van der Waals surface area contributed by atoms with Crippen molar-refractivity contribution in [2.75, 3.05) is 5.75 Å². The molecule has 3 rings (SSSR count). The molecule has 36 heavy (non-hydrogen) atoms. The zero-order chi connectivity index (χ0) is 26.1. The van der Waals surface area contributed by atoms with Crippen molar-refractivity contribution in [2.24, 2.45) is 0 Å². The molecule has 0 heterocycles. The van der Waals surface area contributed by atoms with Gasteiger partial charge in [-0.1, -0.05) is 76.1 Å². The number of nitrogens with one attached hydrogen (secondary N) is 1. The van der Waals surface area contributed by atoms with Crippen LogP contribution in [0.5, 0.6) is 0 Å². The van der Waals surface area contributed by atoms with Gasteiger partial charge in [-0.05, 0) is 63.1 Å². The minimum absolute atomic E-state index is 0.0254. The fourth-order valence-corrected chi connectivity index (χ4v) is 4.93. The molecular formula is C30H35BrN2O2S. The van der Waals surface area contributed by atoms with Crippen molar-refractivity contribution in [3.8, 4) is 0 Å². The normalized spacial score (nSPS) is 12.1. The Kier molecular flexibility index (Phi) is 10.2. The number of rotatable bonds is 10. The maximum absolute atomic E-state index is 13.7. The average molecular weight is 568 g/mol. The molecular weight excluding hydrogens is 532 g/mol. The third-order valence-electron chi connectivity index (χ3n) is 5.64. The molecule has 0 radical (unpaired) electrons. The third-order valence-corrected chi connectivity index (χ3v) is 7.18. The van der Waals surface area contributed by atoms with Gasteiger partial charge in [-0.25, -0.2) is 0 Å². The van der Waals surface area contributed by atoms with Crippen LogP contribution in [0.15, 0.2) is 88.2 Å². The van der Waals surface area contributed by atoms with Gasteiger partial charge < -0.3 is 10.2 Å². The Hall–Kier alpha value is -2.57. The van der Waals surface area contributed by atoms with Gasteiger partial charge in [-0.3, -0.25) is 9.59 Å². The molecule has 0 unspecified atom stereocenters. The van der Waals surface area contributed by atoms with Gasteiger partial charge in [-0.15, -0.1) is 11.8 Å². The molecule has 6 heteroatoms. The van der Waals surface area contributed by atoms with Gasteiger partial charge in [0.1, 0.15) is 6.04 Å². The van der Waals surface area contributed by atoms with Crippen molar-refractivity contribution in [3.05, 3.63) is 100 Å². The zero-order valence-electron chi connectivity index (χ0n) is 21.5. The van der Waals surface area contributed by atoms with E-state index >= 15 is 0 Å². The Morgan fingerprint density at radius 1 is 0.917 bits per heavy atom. The van der Waals surface area contributed by atoms with Gasteiger partial charge in [0, 0.05) is 40.0 Å². The van der Waals surface area contributed by atoms with E-state index in [-0.39, 0.29) is 11.8 Å². The lowest BCUT2D eigenvalue weighted by atomic mass is 10.0. The molecule has 3 aromatic rings. The second kappa shape index (κ2) is 13.1. The van der Waals surface area contributed by atoms with Crippen LogP contribution in [0.1, 0.15) is 43.9 Å². The maximum atomic E-state index is 13.7. The first-order valence-electron chi connectivity index (χ1n) is 12.2. The number of amides is 2. The monoisotopic (exact) mass is 566 g/mol. The first-order chi connectivity index (χ1) is 17.1. The summed E-state index contributed by atoms with van der Waals surface area (Å²) in [4.78, 5) is 30.1. The second-order valence-corrected chi connectivity index (χ2v) is 12.1. The fourth-order valence-electron chi connectivity index (χ4n) is 3.83. The lowest BCUT2D eigenvalue weighted by Crippen LogP contribution is -2.54. The van der Waals surface area contributed by atoms with Gasteiger partial charge in [-0.2, -0.15) is 0 Å². The molecule has 0 aliphatic rings. The minimum atomic E-state index is -0.618. The standard InChI is InChI=1S/C30H35BrN2O2S/c1-22-10-16-26(17-11-22)36-19-18-28(34)33(21-24-12-14-25(31)15-13-24)27(29(35)32-30(2,3)4)20-23-8-6-5-7-9-23/h5-17,27H,18-21H2,1-4H3,(H,32,35)/t27-/m0/s1. The fraction of sp³-hybridized carbons (Fsp3) is 0.333. The smallest absolute Gasteiger partial charge is 0.243 e. The van der Waals surface area contributed by atoms with Crippen molar-refractivity contribution in [1.82, 2.24) is 10.2 Å². The quantitative estimate of drug-likeness (QED) is 0.275. The van der Waals surface area contributed by atoms with Crippen molar-refractivity contribution >= 4 is 39.5 Å². The Morgan fingerprint density at radius 2 is 1.56 bits per heavy atom. The molecule has 0 fully saturated rings. The van der Waals surface area contributed by atoms with Crippen LogP contribution in [0, 0.1) is 6.92 Å². The predicted molar refractivity (Wildman–Crippen MR) is 153 cm³/mol. The van der Waals surface area contributed by atoms with Crippen LogP contribution in [0.3, 0.4) is 0 Å². The van der Waals surface area contributed by atoms with E-state index < -0.39 is 11.6 Å². The molecule has 2 amide bonds. The van der Waals surface area contributed by atoms with Gasteiger partial charge in [0.25, 0.3) is 0 Å². The number of aryl methyl sites for hydroxylation is 1. The number of thioether (sulfide) groups is 1. The highest BCUT2D eigenvalue weighted by Crippen LogP contribution is 2.22. The van der Waals surface area contributed by atoms with E-state index in [9.17, 15) is 9.59 Å². The van der Waals surface area contributed by atoms with E-state index in [1.54, 1.807) is 16.7 Å². The van der Waals surface area contributed by atoms with Crippen LogP contribution in [0.2, 0.25) is 0 Å². The number of hydrogen-bond donors (Lipinski definition) is 1. The average Bonchev–Trinajstić information content (AvgIpc) is 2.83. The molecule has 0 bridgehead atoms. The number of nitrogens with zero attached hydrogens (tertiary/aromatic N) is 1. The maximum Gasteiger partial charge on any atom is 0.243 e. The molecule has 0 aromatic heterocycles. The van der Waals surface area contributed by atoms with Crippen LogP contribution in [-0.2, 0) is 22.6 Å². The summed E-state index contributed by atoms with van der Waals surface area (Å²) in [7, 11) is 0. The summed E-state index contributed by atoms with van der Waals surface area (Å²) in [6, 6.07) is 25.5. The molecule has 0 aliphatic carbocycles. The van der Waals surface area contributed by atoms with Crippen LogP contribution in [0.25, 0.3) is 0 Å². The van der Waals surface area contributed by atoms with Crippen LogP contribution in [0.4, 0.5) is 0 Å². The molecule has 4 nitrogen and oxygen atoms in total. The summed E-state index contributed by atoms with van der Waals surface area (Å²) < 4.78 is 0.977. The van der Waals surface area contributed by atoms with Crippen LogP contribution < -0.4 is 5.32 Å². The molecule has 0 saturated carbocycles. The van der Waals surface area contributed by atoms with Crippen molar-refractivity contribution in [2.45, 2.75) is 63.6 Å². The topological polar surface area (TPSA) is 49.4 Å². The van der Waals surface area contributed by atoms with E-state index in [1.807, 2.05) is 75.4 Å². The number of carbonyl (C=O) groups is 2. The predicted octanol–water partition coefficient (Wildman–Crippen LogP) is 6.79. The first-order valence-corrected chi connectivity index (χ1v) is 14.0. The third kappa shape index (κ3) is 9.14. The highest BCUT2D eigenvalue weighted by Gasteiger charge is 2.32. The lowest BCUT2D eigenvalue weighted by molar-refractivity contribution is -0.141. The minimum Gasteiger partial charge on any atom is -0.350 e.